The molecule has 0 aromatic carbocycles. The maximum absolute atomic E-state index is 13.1. The van der Waals surface area contributed by atoms with Gasteiger partial charge in [-0.25, -0.2) is 9.97 Å². The van der Waals surface area contributed by atoms with E-state index in [0.29, 0.717) is 6.54 Å². The largest absolute Gasteiger partial charge is 0.338 e. The van der Waals surface area contributed by atoms with E-state index in [1.807, 2.05) is 22.3 Å². The minimum Gasteiger partial charge on any atom is -0.338 e. The van der Waals surface area contributed by atoms with Crippen molar-refractivity contribution in [2.24, 2.45) is 0 Å². The van der Waals surface area contributed by atoms with Gasteiger partial charge in [-0.1, -0.05) is 6.07 Å². The predicted octanol–water partition coefficient (Wildman–Crippen LogP) is 2.90. The molecule has 6 nitrogen and oxygen atoms in total. The van der Waals surface area contributed by atoms with E-state index in [1.54, 1.807) is 23.7 Å². The average molecular weight is 426 g/mol. The first kappa shape index (κ1) is 18.7. The number of fused-ring (bicyclic) bond motifs is 1. The van der Waals surface area contributed by atoms with Gasteiger partial charge in [-0.2, -0.15) is 0 Å². The Morgan fingerprint density at radius 1 is 1.00 bits per heavy atom. The lowest BCUT2D eigenvalue weighted by molar-refractivity contribution is -0.133. The molecule has 0 radical (unpaired) electrons. The molecule has 0 saturated carbocycles. The fourth-order valence-corrected chi connectivity index (χ4v) is 5.98. The summed E-state index contributed by atoms with van der Waals surface area (Å²) in [5.74, 6) is 0.970. The molecule has 5 heterocycles. The van der Waals surface area contributed by atoms with Gasteiger partial charge < -0.3 is 9.80 Å². The highest BCUT2D eigenvalue weighted by Crippen LogP contribution is 2.39. The van der Waals surface area contributed by atoms with Crippen LogP contribution >= 0.6 is 22.7 Å². The molecule has 0 spiro atoms. The zero-order valence-corrected chi connectivity index (χ0v) is 17.7. The van der Waals surface area contributed by atoms with Crippen molar-refractivity contribution in [3.63, 3.8) is 0 Å². The maximum Gasteiger partial charge on any atom is 0.236 e. The van der Waals surface area contributed by atoms with Gasteiger partial charge in [0.15, 0.2) is 0 Å². The van der Waals surface area contributed by atoms with E-state index < -0.39 is 0 Å². The Bertz CT molecular complexity index is 951. The third kappa shape index (κ3) is 3.80. The molecule has 0 bridgehead atoms. The summed E-state index contributed by atoms with van der Waals surface area (Å²) in [7, 11) is 0. The monoisotopic (exact) mass is 425 g/mol. The lowest BCUT2D eigenvalue weighted by Crippen LogP contribution is -2.52. The number of anilines is 1. The van der Waals surface area contributed by atoms with E-state index in [2.05, 4.69) is 48.7 Å². The van der Waals surface area contributed by atoms with Gasteiger partial charge in [0.2, 0.25) is 11.9 Å². The molecule has 2 aliphatic rings. The van der Waals surface area contributed by atoms with E-state index in [9.17, 15) is 4.79 Å². The first-order valence-electron chi connectivity index (χ1n) is 9.93. The van der Waals surface area contributed by atoms with Crippen molar-refractivity contribution in [2.75, 3.05) is 44.2 Å². The van der Waals surface area contributed by atoms with E-state index in [-0.39, 0.29) is 11.9 Å². The minimum absolute atomic E-state index is 0.202. The summed E-state index contributed by atoms with van der Waals surface area (Å²) in [4.78, 5) is 31.1. The third-order valence-electron chi connectivity index (χ3n) is 5.68. The van der Waals surface area contributed by atoms with Crippen molar-refractivity contribution < 1.29 is 4.79 Å². The first-order valence-corrected chi connectivity index (χ1v) is 11.7. The molecule has 29 heavy (non-hydrogen) atoms. The van der Waals surface area contributed by atoms with Gasteiger partial charge in [0, 0.05) is 54.9 Å². The summed E-state index contributed by atoms with van der Waals surface area (Å²) in [6.45, 7) is 4.40. The van der Waals surface area contributed by atoms with Crippen LogP contribution in [0.4, 0.5) is 5.95 Å². The normalized spacial score (nSPS) is 19.9. The molecule has 3 aromatic rings. The first-order chi connectivity index (χ1) is 14.3. The Hall–Kier alpha value is -2.29. The second-order valence-corrected chi connectivity index (χ2v) is 9.33. The fourth-order valence-electron chi connectivity index (χ4n) is 4.20. The van der Waals surface area contributed by atoms with Gasteiger partial charge in [-0.15, -0.1) is 22.7 Å². The summed E-state index contributed by atoms with van der Waals surface area (Å²) in [6.07, 6.45) is 4.56. The molecule has 1 atom stereocenters. The summed E-state index contributed by atoms with van der Waals surface area (Å²) in [5.41, 5.74) is 1.38. The number of carbonyl (C=O) groups is 1. The van der Waals surface area contributed by atoms with Crippen molar-refractivity contribution in [1.82, 2.24) is 19.8 Å². The van der Waals surface area contributed by atoms with Crippen LogP contribution in [0.2, 0.25) is 0 Å². The van der Waals surface area contributed by atoms with E-state index >= 15 is 0 Å². The van der Waals surface area contributed by atoms with E-state index in [1.165, 1.54) is 15.3 Å². The molecular weight excluding hydrogens is 402 g/mol. The number of rotatable bonds is 4. The number of nitrogens with zero attached hydrogens (tertiary/aromatic N) is 5. The highest BCUT2D eigenvalue weighted by molar-refractivity contribution is 7.10. The Balaban J connectivity index is 1.26. The SMILES string of the molecule is O=C(CN1CCc2sccc2C1c1cccs1)N1CCN(c2ncccn2)CC1. The molecule has 3 aromatic heterocycles. The van der Waals surface area contributed by atoms with Crippen molar-refractivity contribution in [2.45, 2.75) is 12.5 Å². The molecular formula is C21H23N5OS2. The second kappa shape index (κ2) is 8.22. The number of thiophene rings is 2. The minimum atomic E-state index is 0.202. The molecule has 1 unspecified atom stereocenters. The van der Waals surface area contributed by atoms with Crippen LogP contribution in [0.1, 0.15) is 21.4 Å². The zero-order chi connectivity index (χ0) is 19.6. The number of amides is 1. The standard InChI is InChI=1S/C21H23N5OS2/c27-19(24-9-11-25(12-10-24)21-22-6-2-7-23-21)15-26-8-4-17-16(5-14-29-17)20(26)18-3-1-13-28-18/h1-3,5-7,13-14,20H,4,8-12,15H2. The van der Waals surface area contributed by atoms with Crippen molar-refractivity contribution in [1.29, 1.82) is 0 Å². The maximum atomic E-state index is 13.1. The highest BCUT2D eigenvalue weighted by atomic mass is 32.1. The molecule has 1 saturated heterocycles. The highest BCUT2D eigenvalue weighted by Gasteiger charge is 2.33. The number of hydrogen-bond acceptors (Lipinski definition) is 7. The molecule has 1 amide bonds. The lowest BCUT2D eigenvalue weighted by atomic mass is 9.98. The molecule has 1 fully saturated rings. The van der Waals surface area contributed by atoms with Gasteiger partial charge in [-0.05, 0) is 40.9 Å². The van der Waals surface area contributed by atoms with Crippen LogP contribution in [-0.4, -0.2) is 64.9 Å². The van der Waals surface area contributed by atoms with Gasteiger partial charge in [0.25, 0.3) is 0 Å². The van der Waals surface area contributed by atoms with Crippen molar-refractivity contribution in [3.8, 4) is 0 Å². The van der Waals surface area contributed by atoms with Gasteiger partial charge in [0.05, 0.1) is 12.6 Å². The Morgan fingerprint density at radius 3 is 2.59 bits per heavy atom. The molecule has 150 valence electrons. The van der Waals surface area contributed by atoms with Crippen molar-refractivity contribution in [3.05, 3.63) is 62.7 Å². The van der Waals surface area contributed by atoms with Crippen LogP contribution in [0, 0.1) is 0 Å². The lowest BCUT2D eigenvalue weighted by Gasteiger charge is -2.38. The molecule has 2 aliphatic heterocycles. The zero-order valence-electron chi connectivity index (χ0n) is 16.1. The van der Waals surface area contributed by atoms with E-state index in [4.69, 9.17) is 0 Å². The number of aromatic nitrogens is 2. The molecule has 0 N–H and O–H groups in total. The summed E-state index contributed by atoms with van der Waals surface area (Å²) in [5, 5.41) is 4.31. The topological polar surface area (TPSA) is 52.6 Å². The van der Waals surface area contributed by atoms with Gasteiger partial charge in [0.1, 0.15) is 0 Å². The number of carbonyl (C=O) groups excluding carboxylic acids is 1. The van der Waals surface area contributed by atoms with Crippen LogP contribution in [0.3, 0.4) is 0 Å². The number of hydrogen-bond donors (Lipinski definition) is 0. The van der Waals surface area contributed by atoms with Gasteiger partial charge in [-0.3, -0.25) is 9.69 Å². The third-order valence-corrected chi connectivity index (χ3v) is 7.61. The smallest absolute Gasteiger partial charge is 0.236 e. The fraction of sp³-hybridized carbons (Fsp3) is 0.381. The average Bonchev–Trinajstić information content (AvgIpc) is 3.46. The Morgan fingerprint density at radius 2 is 1.83 bits per heavy atom. The second-order valence-electron chi connectivity index (χ2n) is 7.35. The van der Waals surface area contributed by atoms with Crippen LogP contribution in [-0.2, 0) is 11.2 Å². The number of piperazine rings is 1. The van der Waals surface area contributed by atoms with Crippen LogP contribution in [0.15, 0.2) is 47.4 Å². The summed E-state index contributed by atoms with van der Waals surface area (Å²) >= 11 is 3.62. The molecule has 8 heteroatoms. The summed E-state index contributed by atoms with van der Waals surface area (Å²) in [6, 6.07) is 8.56. The van der Waals surface area contributed by atoms with Crippen LogP contribution in [0.25, 0.3) is 0 Å². The van der Waals surface area contributed by atoms with Crippen LogP contribution < -0.4 is 4.90 Å². The van der Waals surface area contributed by atoms with Gasteiger partial charge >= 0.3 is 0 Å². The Kier molecular flexibility index (Phi) is 5.30. The van der Waals surface area contributed by atoms with Crippen LogP contribution in [0.5, 0.6) is 0 Å². The molecule has 5 rings (SSSR count). The van der Waals surface area contributed by atoms with Crippen molar-refractivity contribution >= 4 is 34.5 Å². The quantitative estimate of drug-likeness (QED) is 0.643. The van der Waals surface area contributed by atoms with E-state index in [0.717, 1.165) is 45.1 Å². The summed E-state index contributed by atoms with van der Waals surface area (Å²) < 4.78 is 0. The molecule has 0 aliphatic carbocycles. The Labute approximate surface area is 178 Å². The predicted molar refractivity (Wildman–Crippen MR) is 117 cm³/mol.